The van der Waals surface area contributed by atoms with E-state index in [1.807, 2.05) is 31.2 Å². The number of aliphatic hydroxyl groups is 1. The first kappa shape index (κ1) is 14.2. The van der Waals surface area contributed by atoms with Gasteiger partial charge in [0, 0.05) is 12.6 Å². The summed E-state index contributed by atoms with van der Waals surface area (Å²) >= 11 is 0. The molecular weight excluding hydrogens is 238 g/mol. The van der Waals surface area contributed by atoms with Gasteiger partial charge in [-0.05, 0) is 24.5 Å². The lowest BCUT2D eigenvalue weighted by Gasteiger charge is -2.11. The van der Waals surface area contributed by atoms with Crippen molar-refractivity contribution in [3.8, 4) is 0 Å². The van der Waals surface area contributed by atoms with Gasteiger partial charge >= 0.3 is 0 Å². The molecule has 0 saturated heterocycles. The van der Waals surface area contributed by atoms with E-state index in [-0.39, 0.29) is 18.1 Å². The topological polar surface area (TPSA) is 80.4 Å². The first-order valence-electron chi connectivity index (χ1n) is 5.56. The van der Waals surface area contributed by atoms with Gasteiger partial charge in [0.05, 0.1) is 11.5 Å². The van der Waals surface area contributed by atoms with E-state index < -0.39 is 15.9 Å². The lowest BCUT2D eigenvalue weighted by Crippen LogP contribution is -2.31. The Morgan fingerprint density at radius 1 is 1.35 bits per heavy atom. The molecule has 4 nitrogen and oxygen atoms in total. The first-order valence-corrected chi connectivity index (χ1v) is 7.38. The minimum absolute atomic E-state index is 0.0127. The highest BCUT2D eigenvalue weighted by atomic mass is 32.2. The molecule has 1 aromatic carbocycles. The molecule has 0 spiro atoms. The van der Waals surface area contributed by atoms with Crippen molar-refractivity contribution in [3.63, 3.8) is 0 Å². The number of nitrogens with two attached hydrogens (primary N) is 1. The Hall–Kier alpha value is -0.910. The molecule has 1 unspecified atom stereocenters. The number of hydrogen-bond acceptors (Lipinski definition) is 4. The highest BCUT2D eigenvalue weighted by molar-refractivity contribution is 7.90. The maximum Gasteiger partial charge on any atom is 0.155 e. The van der Waals surface area contributed by atoms with Gasteiger partial charge in [0.25, 0.3) is 0 Å². The summed E-state index contributed by atoms with van der Waals surface area (Å²) in [5.74, 6) is -0.0688. The molecule has 96 valence electrons. The summed E-state index contributed by atoms with van der Waals surface area (Å²) in [5.41, 5.74) is 7.40. The van der Waals surface area contributed by atoms with E-state index in [4.69, 9.17) is 10.8 Å². The second-order valence-electron chi connectivity index (χ2n) is 4.25. The Morgan fingerprint density at radius 3 is 2.59 bits per heavy atom. The molecule has 3 N–H and O–H groups in total. The zero-order valence-corrected chi connectivity index (χ0v) is 10.8. The van der Waals surface area contributed by atoms with Crippen molar-refractivity contribution < 1.29 is 13.5 Å². The Bertz CT molecular complexity index is 457. The molecule has 0 aliphatic carbocycles. The quantitative estimate of drug-likeness (QED) is 0.783. The summed E-state index contributed by atoms with van der Waals surface area (Å²) in [6.07, 6.45) is 0.313. The number of benzene rings is 1. The third-order valence-corrected chi connectivity index (χ3v) is 4.29. The normalized spacial score (nSPS) is 13.6. The molecule has 17 heavy (non-hydrogen) atoms. The van der Waals surface area contributed by atoms with Crippen LogP contribution in [0.1, 0.15) is 17.5 Å². The van der Waals surface area contributed by atoms with E-state index in [1.54, 1.807) is 0 Å². The molecule has 0 aliphatic rings. The summed E-state index contributed by atoms with van der Waals surface area (Å²) < 4.78 is 23.8. The third kappa shape index (κ3) is 4.85. The number of aliphatic hydroxyl groups excluding tert-OH is 1. The summed E-state index contributed by atoms with van der Waals surface area (Å²) in [6.45, 7) is 1.81. The number of rotatable bonds is 6. The SMILES string of the molecule is Cc1ccccc1CS(=O)(=O)CC(N)CCO. The predicted molar refractivity (Wildman–Crippen MR) is 68.3 cm³/mol. The van der Waals surface area contributed by atoms with Gasteiger partial charge < -0.3 is 10.8 Å². The van der Waals surface area contributed by atoms with E-state index in [0.29, 0.717) is 6.42 Å². The Labute approximate surface area is 102 Å². The lowest BCUT2D eigenvalue weighted by molar-refractivity contribution is 0.279. The van der Waals surface area contributed by atoms with Crippen molar-refractivity contribution >= 4 is 9.84 Å². The summed E-state index contributed by atoms with van der Waals surface area (Å²) in [6, 6.07) is 6.91. The largest absolute Gasteiger partial charge is 0.396 e. The lowest BCUT2D eigenvalue weighted by atomic mass is 10.1. The predicted octanol–water partition coefficient (Wildman–Crippen LogP) is 0.620. The van der Waals surface area contributed by atoms with Crippen molar-refractivity contribution in [2.75, 3.05) is 12.4 Å². The molecule has 1 atom stereocenters. The Morgan fingerprint density at radius 2 is 2.00 bits per heavy atom. The van der Waals surface area contributed by atoms with Gasteiger partial charge in [0.2, 0.25) is 0 Å². The summed E-state index contributed by atoms with van der Waals surface area (Å²) in [4.78, 5) is 0. The molecule has 5 heteroatoms. The van der Waals surface area contributed by atoms with E-state index in [9.17, 15) is 8.42 Å². The van der Waals surface area contributed by atoms with Gasteiger partial charge in [0.1, 0.15) is 0 Å². The molecule has 0 aromatic heterocycles. The van der Waals surface area contributed by atoms with Gasteiger partial charge in [-0.2, -0.15) is 0 Å². The molecular formula is C12H19NO3S. The van der Waals surface area contributed by atoms with Crippen molar-refractivity contribution in [2.24, 2.45) is 5.73 Å². The summed E-state index contributed by atoms with van der Waals surface area (Å²) in [7, 11) is -3.21. The molecule has 0 bridgehead atoms. The van der Waals surface area contributed by atoms with Crippen molar-refractivity contribution in [1.29, 1.82) is 0 Å². The fourth-order valence-electron chi connectivity index (χ4n) is 1.64. The van der Waals surface area contributed by atoms with Crippen LogP contribution in [0.15, 0.2) is 24.3 Å². The smallest absolute Gasteiger partial charge is 0.155 e. The van der Waals surface area contributed by atoms with E-state index >= 15 is 0 Å². The highest BCUT2D eigenvalue weighted by Gasteiger charge is 2.17. The van der Waals surface area contributed by atoms with Crippen LogP contribution in [0.4, 0.5) is 0 Å². The second-order valence-corrected chi connectivity index (χ2v) is 6.36. The van der Waals surface area contributed by atoms with E-state index in [0.717, 1.165) is 11.1 Å². The van der Waals surface area contributed by atoms with E-state index in [2.05, 4.69) is 0 Å². The van der Waals surface area contributed by atoms with Crippen LogP contribution in [-0.2, 0) is 15.6 Å². The highest BCUT2D eigenvalue weighted by Crippen LogP contribution is 2.12. The van der Waals surface area contributed by atoms with Gasteiger partial charge in [-0.15, -0.1) is 0 Å². The molecule has 1 aromatic rings. The maximum atomic E-state index is 11.9. The van der Waals surface area contributed by atoms with Crippen LogP contribution in [0.5, 0.6) is 0 Å². The van der Waals surface area contributed by atoms with Gasteiger partial charge in [-0.1, -0.05) is 24.3 Å². The fraction of sp³-hybridized carbons (Fsp3) is 0.500. The van der Waals surface area contributed by atoms with Crippen LogP contribution in [0.2, 0.25) is 0 Å². The van der Waals surface area contributed by atoms with Crippen molar-refractivity contribution in [3.05, 3.63) is 35.4 Å². The molecule has 0 heterocycles. The van der Waals surface area contributed by atoms with Crippen molar-refractivity contribution in [1.82, 2.24) is 0 Å². The molecule has 0 amide bonds. The molecule has 0 aliphatic heterocycles. The van der Waals surface area contributed by atoms with Crippen LogP contribution in [0.25, 0.3) is 0 Å². The van der Waals surface area contributed by atoms with Crippen LogP contribution in [-0.4, -0.2) is 31.9 Å². The van der Waals surface area contributed by atoms with Crippen LogP contribution >= 0.6 is 0 Å². The zero-order chi connectivity index (χ0) is 12.9. The second kappa shape index (κ2) is 6.14. The number of aryl methyl sites for hydroxylation is 1. The molecule has 0 saturated carbocycles. The Kier molecular flexibility index (Phi) is 5.11. The minimum atomic E-state index is -3.21. The fourth-order valence-corrected chi connectivity index (χ4v) is 3.38. The average Bonchev–Trinajstić information content (AvgIpc) is 2.20. The number of hydrogen-bond donors (Lipinski definition) is 2. The molecule has 0 fully saturated rings. The van der Waals surface area contributed by atoms with Crippen molar-refractivity contribution in [2.45, 2.75) is 25.1 Å². The standard InChI is InChI=1S/C12H19NO3S/c1-10-4-2-3-5-11(10)8-17(15,16)9-12(13)6-7-14/h2-5,12,14H,6-9,13H2,1H3. The van der Waals surface area contributed by atoms with Gasteiger partial charge in [0.15, 0.2) is 9.84 Å². The number of sulfone groups is 1. The maximum absolute atomic E-state index is 11.9. The zero-order valence-electron chi connectivity index (χ0n) is 9.96. The Balaban J connectivity index is 2.70. The van der Waals surface area contributed by atoms with Crippen LogP contribution in [0.3, 0.4) is 0 Å². The molecule has 1 rings (SSSR count). The summed E-state index contributed by atoms with van der Waals surface area (Å²) in [5, 5.41) is 8.69. The minimum Gasteiger partial charge on any atom is -0.396 e. The third-order valence-electron chi connectivity index (χ3n) is 2.60. The van der Waals surface area contributed by atoms with Gasteiger partial charge in [-0.3, -0.25) is 0 Å². The monoisotopic (exact) mass is 257 g/mol. The van der Waals surface area contributed by atoms with Crippen LogP contribution < -0.4 is 5.73 Å². The first-order chi connectivity index (χ1) is 7.94. The average molecular weight is 257 g/mol. The van der Waals surface area contributed by atoms with Crippen LogP contribution in [0, 0.1) is 6.92 Å². The van der Waals surface area contributed by atoms with Gasteiger partial charge in [-0.25, -0.2) is 8.42 Å². The molecule has 0 radical (unpaired) electrons. The van der Waals surface area contributed by atoms with E-state index in [1.165, 1.54) is 0 Å².